The Morgan fingerprint density at radius 2 is 1.93 bits per heavy atom. The molecule has 2 N–H and O–H groups in total. The van der Waals surface area contributed by atoms with E-state index >= 15 is 0 Å². The largest absolute Gasteiger partial charge is 0.504 e. The first-order valence-corrected chi connectivity index (χ1v) is 4.58. The van der Waals surface area contributed by atoms with Crippen molar-refractivity contribution in [2.45, 2.75) is 26.4 Å². The third-order valence-corrected chi connectivity index (χ3v) is 2.33. The van der Waals surface area contributed by atoms with Crippen LogP contribution in [0.5, 0.6) is 11.5 Å². The molecule has 0 aliphatic carbocycles. The zero-order chi connectivity index (χ0) is 11.8. The average molecular weight is 214 g/mol. The summed E-state index contributed by atoms with van der Waals surface area (Å²) in [5.41, 5.74) is -0.437. The van der Waals surface area contributed by atoms with E-state index in [0.717, 1.165) is 0 Å². The SMILES string of the molecule is COc1c(F)cc(C(C)(C)O)c(C)c1O. The van der Waals surface area contributed by atoms with Crippen molar-refractivity contribution in [3.8, 4) is 11.5 Å². The van der Waals surface area contributed by atoms with Gasteiger partial charge in [-0.15, -0.1) is 0 Å². The van der Waals surface area contributed by atoms with Gasteiger partial charge in [0.1, 0.15) is 0 Å². The highest BCUT2D eigenvalue weighted by Crippen LogP contribution is 2.38. The van der Waals surface area contributed by atoms with Crippen LogP contribution >= 0.6 is 0 Å². The maximum atomic E-state index is 13.4. The summed E-state index contributed by atoms with van der Waals surface area (Å²) in [4.78, 5) is 0. The first-order valence-electron chi connectivity index (χ1n) is 4.58. The molecule has 0 saturated heterocycles. The molecule has 4 heteroatoms. The van der Waals surface area contributed by atoms with Crippen molar-refractivity contribution in [1.29, 1.82) is 0 Å². The zero-order valence-corrected chi connectivity index (χ0v) is 9.26. The maximum absolute atomic E-state index is 13.4. The summed E-state index contributed by atoms with van der Waals surface area (Å²) >= 11 is 0. The Hall–Kier alpha value is -1.29. The van der Waals surface area contributed by atoms with Crippen LogP contribution < -0.4 is 4.74 Å². The molecule has 0 atom stereocenters. The van der Waals surface area contributed by atoms with Crippen molar-refractivity contribution < 1.29 is 19.3 Å². The van der Waals surface area contributed by atoms with Gasteiger partial charge in [0.15, 0.2) is 17.3 Å². The summed E-state index contributed by atoms with van der Waals surface area (Å²) in [6.45, 7) is 4.66. The lowest BCUT2D eigenvalue weighted by molar-refractivity contribution is 0.0770. The molecule has 0 heterocycles. The van der Waals surface area contributed by atoms with Crippen LogP contribution in [0.15, 0.2) is 6.07 Å². The maximum Gasteiger partial charge on any atom is 0.196 e. The summed E-state index contributed by atoms with van der Waals surface area (Å²) in [5.74, 6) is -1.15. The summed E-state index contributed by atoms with van der Waals surface area (Å²) in [5, 5.41) is 19.4. The molecule has 0 saturated carbocycles. The van der Waals surface area contributed by atoms with Gasteiger partial charge in [0, 0.05) is 5.56 Å². The van der Waals surface area contributed by atoms with Crippen LogP contribution in [-0.4, -0.2) is 17.3 Å². The van der Waals surface area contributed by atoms with Crippen molar-refractivity contribution in [3.05, 3.63) is 23.0 Å². The number of rotatable bonds is 2. The molecule has 15 heavy (non-hydrogen) atoms. The van der Waals surface area contributed by atoms with E-state index < -0.39 is 11.4 Å². The third kappa shape index (κ3) is 2.04. The van der Waals surface area contributed by atoms with Gasteiger partial charge in [-0.3, -0.25) is 0 Å². The molecule has 1 aromatic carbocycles. The molecule has 0 unspecified atom stereocenters. The van der Waals surface area contributed by atoms with E-state index in [0.29, 0.717) is 11.1 Å². The molecule has 1 aromatic rings. The summed E-state index contributed by atoms with van der Waals surface area (Å²) in [7, 11) is 1.28. The van der Waals surface area contributed by atoms with Crippen LogP contribution in [0.3, 0.4) is 0 Å². The van der Waals surface area contributed by atoms with Gasteiger partial charge in [0.05, 0.1) is 12.7 Å². The summed E-state index contributed by atoms with van der Waals surface area (Å²) in [6.07, 6.45) is 0. The number of benzene rings is 1. The van der Waals surface area contributed by atoms with E-state index in [1.54, 1.807) is 6.92 Å². The molecule has 3 nitrogen and oxygen atoms in total. The number of ether oxygens (including phenoxy) is 1. The van der Waals surface area contributed by atoms with Gasteiger partial charge in [0.25, 0.3) is 0 Å². The fourth-order valence-electron chi connectivity index (χ4n) is 1.54. The Balaban J connectivity index is 3.48. The molecule has 84 valence electrons. The van der Waals surface area contributed by atoms with Crippen molar-refractivity contribution in [2.24, 2.45) is 0 Å². The Morgan fingerprint density at radius 1 is 1.40 bits per heavy atom. The van der Waals surface area contributed by atoms with Gasteiger partial charge in [-0.25, -0.2) is 4.39 Å². The number of halogens is 1. The number of hydrogen-bond donors (Lipinski definition) is 2. The Labute approximate surface area is 88.1 Å². The lowest BCUT2D eigenvalue weighted by Gasteiger charge is -2.22. The smallest absolute Gasteiger partial charge is 0.196 e. The van der Waals surface area contributed by atoms with E-state index in [1.807, 2.05) is 0 Å². The zero-order valence-electron chi connectivity index (χ0n) is 9.26. The van der Waals surface area contributed by atoms with Gasteiger partial charge in [-0.05, 0) is 32.4 Å². The predicted octanol–water partition coefficient (Wildman–Crippen LogP) is 2.08. The molecule has 0 aliphatic rings. The molecule has 0 radical (unpaired) electrons. The van der Waals surface area contributed by atoms with Gasteiger partial charge >= 0.3 is 0 Å². The van der Waals surface area contributed by atoms with E-state index in [2.05, 4.69) is 0 Å². The van der Waals surface area contributed by atoms with Gasteiger partial charge in [-0.2, -0.15) is 0 Å². The van der Waals surface area contributed by atoms with Crippen molar-refractivity contribution in [2.75, 3.05) is 7.11 Å². The Morgan fingerprint density at radius 3 is 2.33 bits per heavy atom. The van der Waals surface area contributed by atoms with E-state index in [4.69, 9.17) is 4.74 Å². The van der Waals surface area contributed by atoms with Gasteiger partial charge in [-0.1, -0.05) is 0 Å². The first kappa shape index (κ1) is 11.8. The highest BCUT2D eigenvalue weighted by atomic mass is 19.1. The minimum absolute atomic E-state index is 0.194. The number of hydrogen-bond acceptors (Lipinski definition) is 3. The molecule has 0 aliphatic heterocycles. The fourth-order valence-corrected chi connectivity index (χ4v) is 1.54. The topological polar surface area (TPSA) is 49.7 Å². The normalized spacial score (nSPS) is 11.6. The Bertz CT molecular complexity index is 380. The molecule has 0 spiro atoms. The van der Waals surface area contributed by atoms with Gasteiger partial charge < -0.3 is 14.9 Å². The number of phenolic OH excluding ortho intramolecular Hbond substituents is 1. The molecule has 1 rings (SSSR count). The van der Waals surface area contributed by atoms with E-state index in [9.17, 15) is 14.6 Å². The molecular weight excluding hydrogens is 199 g/mol. The van der Waals surface area contributed by atoms with Gasteiger partial charge in [0.2, 0.25) is 0 Å². The van der Waals surface area contributed by atoms with Crippen LogP contribution in [0.4, 0.5) is 4.39 Å². The second kappa shape index (κ2) is 3.70. The molecule has 0 fully saturated rings. The molecule has 0 aromatic heterocycles. The molecule has 0 amide bonds. The number of aliphatic hydroxyl groups is 1. The standard InChI is InChI=1S/C11H15FO3/c1-6-7(11(2,3)14)5-8(12)10(15-4)9(6)13/h5,13-14H,1-4H3. The predicted molar refractivity (Wildman–Crippen MR) is 54.6 cm³/mol. The van der Waals surface area contributed by atoms with E-state index in [1.165, 1.54) is 27.0 Å². The van der Waals surface area contributed by atoms with Crippen LogP contribution in [0.2, 0.25) is 0 Å². The lowest BCUT2D eigenvalue weighted by atomic mass is 9.93. The number of methoxy groups -OCH3 is 1. The Kier molecular flexibility index (Phi) is 2.90. The monoisotopic (exact) mass is 214 g/mol. The second-order valence-corrected chi connectivity index (χ2v) is 3.97. The minimum atomic E-state index is -1.20. The summed E-state index contributed by atoms with van der Waals surface area (Å²) < 4.78 is 18.1. The average Bonchev–Trinajstić information content (AvgIpc) is 2.10. The van der Waals surface area contributed by atoms with Crippen LogP contribution in [-0.2, 0) is 5.60 Å². The third-order valence-electron chi connectivity index (χ3n) is 2.33. The number of phenols is 1. The highest BCUT2D eigenvalue weighted by molar-refractivity contribution is 5.51. The highest BCUT2D eigenvalue weighted by Gasteiger charge is 2.24. The second-order valence-electron chi connectivity index (χ2n) is 3.97. The fraction of sp³-hybridized carbons (Fsp3) is 0.455. The first-order chi connectivity index (χ1) is 6.79. The molecule has 0 bridgehead atoms. The van der Waals surface area contributed by atoms with Crippen molar-refractivity contribution >= 4 is 0 Å². The van der Waals surface area contributed by atoms with Crippen molar-refractivity contribution in [1.82, 2.24) is 0 Å². The van der Waals surface area contributed by atoms with Crippen LogP contribution in [0, 0.1) is 12.7 Å². The molecular formula is C11H15FO3. The van der Waals surface area contributed by atoms with Crippen LogP contribution in [0.1, 0.15) is 25.0 Å². The van der Waals surface area contributed by atoms with Crippen LogP contribution in [0.25, 0.3) is 0 Å². The quantitative estimate of drug-likeness (QED) is 0.792. The minimum Gasteiger partial charge on any atom is -0.504 e. The summed E-state index contributed by atoms with van der Waals surface area (Å²) in [6, 6.07) is 1.17. The van der Waals surface area contributed by atoms with Crippen molar-refractivity contribution in [3.63, 3.8) is 0 Å². The number of aromatic hydroxyl groups is 1. The van der Waals surface area contributed by atoms with E-state index in [-0.39, 0.29) is 11.5 Å². The lowest BCUT2D eigenvalue weighted by Crippen LogP contribution is -2.17.